The number of rotatable bonds is 16. The molecule has 14 heteroatoms. The van der Waals surface area contributed by atoms with Gasteiger partial charge in [0.2, 0.25) is 17.4 Å². The first-order valence-electron chi connectivity index (χ1n) is 13.8. The predicted octanol–water partition coefficient (Wildman–Crippen LogP) is 3.63. The van der Waals surface area contributed by atoms with Crippen molar-refractivity contribution in [1.82, 2.24) is 10.7 Å². The third kappa shape index (κ3) is 8.71. The lowest BCUT2D eigenvalue weighted by atomic mass is 10.1. The van der Waals surface area contributed by atoms with Gasteiger partial charge in [-0.1, -0.05) is 0 Å². The zero-order valence-corrected chi connectivity index (χ0v) is 26.7. The summed E-state index contributed by atoms with van der Waals surface area (Å²) in [5.41, 5.74) is 3.51. The van der Waals surface area contributed by atoms with Gasteiger partial charge in [-0.05, 0) is 54.4 Å². The van der Waals surface area contributed by atoms with E-state index < -0.39 is 5.97 Å². The molecule has 246 valence electrons. The van der Waals surface area contributed by atoms with Gasteiger partial charge in [0.25, 0.3) is 5.91 Å². The maximum atomic E-state index is 12.9. The number of amides is 2. The summed E-state index contributed by atoms with van der Waals surface area (Å²) in [6.45, 7) is 0.250. The van der Waals surface area contributed by atoms with Crippen LogP contribution in [0.4, 0.5) is 0 Å². The van der Waals surface area contributed by atoms with Crippen molar-refractivity contribution < 1.29 is 52.3 Å². The number of nitrogens with zero attached hydrogens (tertiary/aromatic N) is 1. The Morgan fingerprint density at radius 3 is 1.67 bits per heavy atom. The molecule has 0 radical (unpaired) electrons. The Balaban J connectivity index is 1.53. The summed E-state index contributed by atoms with van der Waals surface area (Å²) in [5.74, 6) is 1.08. The SMILES string of the molecule is COc1cc(C=NNC(=O)CCCNC(=O)c2cc(OC)c(OC)c(OC)c2)ccc1OC(=O)c1cc(OC)c(OC)c(OC)c1. The highest BCUT2D eigenvalue weighted by Gasteiger charge is 2.20. The van der Waals surface area contributed by atoms with E-state index in [0.29, 0.717) is 52.0 Å². The molecule has 0 unspecified atom stereocenters. The third-order valence-electron chi connectivity index (χ3n) is 6.49. The van der Waals surface area contributed by atoms with E-state index in [1.54, 1.807) is 24.3 Å². The monoisotopic (exact) mass is 639 g/mol. The van der Waals surface area contributed by atoms with Gasteiger partial charge in [0.15, 0.2) is 34.5 Å². The Labute approximate surface area is 266 Å². The second-order valence-corrected chi connectivity index (χ2v) is 9.28. The first kappa shape index (κ1) is 34.8. The largest absolute Gasteiger partial charge is 0.493 e. The van der Waals surface area contributed by atoms with Crippen molar-refractivity contribution in [3.8, 4) is 46.0 Å². The van der Waals surface area contributed by atoms with E-state index in [1.165, 1.54) is 74.2 Å². The summed E-state index contributed by atoms with van der Waals surface area (Å²) < 4.78 is 42.6. The lowest BCUT2D eigenvalue weighted by Crippen LogP contribution is -2.26. The van der Waals surface area contributed by atoms with Crippen molar-refractivity contribution in [3.05, 3.63) is 59.2 Å². The van der Waals surface area contributed by atoms with E-state index in [9.17, 15) is 14.4 Å². The Hall–Kier alpha value is -5.66. The Kier molecular flexibility index (Phi) is 12.9. The molecule has 0 aliphatic rings. The second kappa shape index (κ2) is 17.0. The minimum Gasteiger partial charge on any atom is -0.493 e. The molecule has 2 N–H and O–H groups in total. The van der Waals surface area contributed by atoms with Crippen LogP contribution in [-0.2, 0) is 4.79 Å². The summed E-state index contributed by atoms with van der Waals surface area (Å²) in [7, 11) is 10.2. The molecule has 0 bridgehead atoms. The topological polar surface area (TPSA) is 161 Å². The molecular weight excluding hydrogens is 602 g/mol. The highest BCUT2D eigenvalue weighted by molar-refractivity contribution is 5.96. The minimum atomic E-state index is -0.675. The minimum absolute atomic E-state index is 0.117. The maximum absolute atomic E-state index is 12.9. The van der Waals surface area contributed by atoms with Gasteiger partial charge in [0, 0.05) is 18.5 Å². The third-order valence-corrected chi connectivity index (χ3v) is 6.49. The number of hydrogen-bond acceptors (Lipinski definition) is 12. The predicted molar refractivity (Wildman–Crippen MR) is 167 cm³/mol. The summed E-state index contributed by atoms with van der Waals surface area (Å²) >= 11 is 0. The fourth-order valence-electron chi connectivity index (χ4n) is 4.21. The molecule has 3 aromatic carbocycles. The quantitative estimate of drug-likeness (QED) is 0.0774. The lowest BCUT2D eigenvalue weighted by molar-refractivity contribution is -0.121. The van der Waals surface area contributed by atoms with Crippen LogP contribution >= 0.6 is 0 Å². The van der Waals surface area contributed by atoms with E-state index >= 15 is 0 Å². The number of hydrogen-bond donors (Lipinski definition) is 2. The van der Waals surface area contributed by atoms with Crippen LogP contribution in [0.25, 0.3) is 0 Å². The molecule has 0 saturated heterocycles. The average Bonchev–Trinajstić information content (AvgIpc) is 3.08. The van der Waals surface area contributed by atoms with E-state index in [-0.39, 0.29) is 41.8 Å². The van der Waals surface area contributed by atoms with Crippen molar-refractivity contribution in [2.45, 2.75) is 12.8 Å². The van der Waals surface area contributed by atoms with Crippen LogP contribution < -0.4 is 48.6 Å². The molecule has 0 saturated carbocycles. The first-order chi connectivity index (χ1) is 22.2. The number of esters is 1. The van der Waals surface area contributed by atoms with Crippen LogP contribution in [-0.4, -0.2) is 80.3 Å². The van der Waals surface area contributed by atoms with E-state index in [1.807, 2.05) is 0 Å². The maximum Gasteiger partial charge on any atom is 0.343 e. The molecule has 0 fully saturated rings. The summed E-state index contributed by atoms with van der Waals surface area (Å²) in [6, 6.07) is 10.8. The number of methoxy groups -OCH3 is 7. The number of benzene rings is 3. The standard InChI is InChI=1S/C32H37N3O11/c1-39-23-13-19(10-11-22(23)46-32(38)21-16-26(42-4)30(45-7)27(17-21)43-5)18-34-35-28(36)9-8-12-33-31(37)20-14-24(40-2)29(44-6)25(15-20)41-3/h10-11,13-18H,8-9,12H2,1-7H3,(H,33,37)(H,35,36). The van der Waals surface area contributed by atoms with E-state index in [4.69, 9.17) is 37.9 Å². The molecule has 0 aliphatic heterocycles. The smallest absolute Gasteiger partial charge is 0.343 e. The first-order valence-corrected chi connectivity index (χ1v) is 13.8. The molecule has 2 amide bonds. The van der Waals surface area contributed by atoms with Crippen LogP contribution in [0.15, 0.2) is 47.6 Å². The van der Waals surface area contributed by atoms with Crippen molar-refractivity contribution in [2.24, 2.45) is 5.10 Å². The molecule has 3 aromatic rings. The Morgan fingerprint density at radius 2 is 1.17 bits per heavy atom. The van der Waals surface area contributed by atoms with Crippen molar-refractivity contribution in [1.29, 1.82) is 0 Å². The summed E-state index contributed by atoms with van der Waals surface area (Å²) in [5, 5.41) is 6.73. The zero-order chi connectivity index (χ0) is 33.6. The molecule has 0 aromatic heterocycles. The average molecular weight is 640 g/mol. The molecule has 0 atom stereocenters. The fourth-order valence-corrected chi connectivity index (χ4v) is 4.21. The summed E-state index contributed by atoms with van der Waals surface area (Å²) in [6.07, 6.45) is 1.90. The van der Waals surface area contributed by atoms with Crippen LogP contribution in [0.3, 0.4) is 0 Å². The second-order valence-electron chi connectivity index (χ2n) is 9.28. The van der Waals surface area contributed by atoms with Crippen molar-refractivity contribution in [3.63, 3.8) is 0 Å². The molecular formula is C32H37N3O11. The van der Waals surface area contributed by atoms with Crippen LogP contribution in [0.2, 0.25) is 0 Å². The molecule has 3 rings (SSSR count). The Bertz CT molecular complexity index is 1520. The van der Waals surface area contributed by atoms with Gasteiger partial charge in [-0.15, -0.1) is 0 Å². The number of nitrogens with one attached hydrogen (secondary N) is 2. The van der Waals surface area contributed by atoms with Gasteiger partial charge in [0.05, 0.1) is 61.5 Å². The van der Waals surface area contributed by atoms with Crippen molar-refractivity contribution >= 4 is 24.0 Å². The molecule has 0 heterocycles. The number of carbonyl (C=O) groups is 3. The Morgan fingerprint density at radius 1 is 0.652 bits per heavy atom. The van der Waals surface area contributed by atoms with E-state index in [0.717, 1.165) is 0 Å². The number of carbonyl (C=O) groups excluding carboxylic acids is 3. The lowest BCUT2D eigenvalue weighted by Gasteiger charge is -2.14. The van der Waals surface area contributed by atoms with Crippen LogP contribution in [0.5, 0.6) is 46.0 Å². The summed E-state index contributed by atoms with van der Waals surface area (Å²) in [4.78, 5) is 37.8. The van der Waals surface area contributed by atoms with E-state index in [2.05, 4.69) is 15.8 Å². The van der Waals surface area contributed by atoms with Gasteiger partial charge in [0.1, 0.15) is 0 Å². The van der Waals surface area contributed by atoms with Gasteiger partial charge in [-0.3, -0.25) is 9.59 Å². The fraction of sp³-hybridized carbons (Fsp3) is 0.312. The van der Waals surface area contributed by atoms with Gasteiger partial charge < -0.3 is 43.2 Å². The van der Waals surface area contributed by atoms with Gasteiger partial charge >= 0.3 is 5.97 Å². The molecule has 0 aliphatic carbocycles. The highest BCUT2D eigenvalue weighted by atomic mass is 16.6. The zero-order valence-electron chi connectivity index (χ0n) is 26.7. The molecule has 0 spiro atoms. The normalized spacial score (nSPS) is 10.5. The van der Waals surface area contributed by atoms with Crippen LogP contribution in [0.1, 0.15) is 39.1 Å². The van der Waals surface area contributed by atoms with Crippen molar-refractivity contribution in [2.75, 3.05) is 56.3 Å². The van der Waals surface area contributed by atoms with Crippen LogP contribution in [0, 0.1) is 0 Å². The molecule has 46 heavy (non-hydrogen) atoms. The molecule has 14 nitrogen and oxygen atoms in total. The van der Waals surface area contributed by atoms with Gasteiger partial charge in [-0.25, -0.2) is 10.2 Å². The number of hydrazone groups is 1. The highest BCUT2D eigenvalue weighted by Crippen LogP contribution is 2.39. The van der Waals surface area contributed by atoms with Gasteiger partial charge in [-0.2, -0.15) is 5.10 Å². The number of ether oxygens (including phenoxy) is 8.